The van der Waals surface area contributed by atoms with E-state index in [1.807, 2.05) is 60.7 Å². The molecule has 1 atom stereocenters. The van der Waals surface area contributed by atoms with Crippen molar-refractivity contribution in [1.29, 1.82) is 0 Å². The van der Waals surface area contributed by atoms with Crippen molar-refractivity contribution in [3.05, 3.63) is 71.8 Å². The van der Waals surface area contributed by atoms with E-state index in [4.69, 9.17) is 4.74 Å². The van der Waals surface area contributed by atoms with E-state index in [-0.39, 0.29) is 24.3 Å². The van der Waals surface area contributed by atoms with Crippen LogP contribution in [0, 0.1) is 0 Å². The lowest BCUT2D eigenvalue weighted by atomic mass is 10.0. The number of ether oxygens (including phenoxy) is 1. The van der Waals surface area contributed by atoms with Gasteiger partial charge in [0.25, 0.3) is 0 Å². The first kappa shape index (κ1) is 19.7. The van der Waals surface area contributed by atoms with Crippen LogP contribution in [0.15, 0.2) is 60.7 Å². The summed E-state index contributed by atoms with van der Waals surface area (Å²) in [5.74, 6) is -0.174. The van der Waals surface area contributed by atoms with Gasteiger partial charge in [-0.1, -0.05) is 60.7 Å². The maximum atomic E-state index is 12.9. The zero-order valence-electron chi connectivity index (χ0n) is 15.4. The summed E-state index contributed by atoms with van der Waals surface area (Å²) in [5, 5.41) is 2.88. The van der Waals surface area contributed by atoms with Crippen LogP contribution >= 0.6 is 0 Å². The smallest absolute Gasteiger partial charge is 0.225 e. The second kappa shape index (κ2) is 10.4. The predicted molar refractivity (Wildman–Crippen MR) is 101 cm³/mol. The minimum atomic E-state index is -0.345. The summed E-state index contributed by atoms with van der Waals surface area (Å²) in [6.07, 6.45) is 0.208. The third-order valence-electron chi connectivity index (χ3n) is 4.09. The van der Waals surface area contributed by atoms with E-state index in [1.54, 1.807) is 12.0 Å². The molecule has 0 fully saturated rings. The number of carbonyl (C=O) groups is 2. The third kappa shape index (κ3) is 6.33. The van der Waals surface area contributed by atoms with Crippen LogP contribution in [-0.4, -0.2) is 37.0 Å². The highest BCUT2D eigenvalue weighted by molar-refractivity contribution is 5.79. The number of hydrogen-bond donors (Lipinski definition) is 1. The number of amides is 2. The van der Waals surface area contributed by atoms with Crippen molar-refractivity contribution in [3.63, 3.8) is 0 Å². The van der Waals surface area contributed by atoms with Gasteiger partial charge in [0, 0.05) is 27.1 Å². The second-order valence-corrected chi connectivity index (χ2v) is 6.16. The fourth-order valence-electron chi connectivity index (χ4n) is 2.78. The van der Waals surface area contributed by atoms with Gasteiger partial charge in [0.2, 0.25) is 11.8 Å². The Balaban J connectivity index is 2.12. The van der Waals surface area contributed by atoms with Crippen molar-refractivity contribution in [2.45, 2.75) is 25.9 Å². The number of methoxy groups -OCH3 is 1. The molecular formula is C21H26N2O3. The number of nitrogens with zero attached hydrogens (tertiary/aromatic N) is 1. The molecule has 2 aromatic carbocycles. The molecule has 1 N–H and O–H groups in total. The Morgan fingerprint density at radius 1 is 1.04 bits per heavy atom. The average molecular weight is 354 g/mol. The molecule has 138 valence electrons. The maximum absolute atomic E-state index is 12.9. The lowest BCUT2D eigenvalue weighted by molar-refractivity contribution is -0.133. The molecule has 5 heteroatoms. The molecule has 0 saturated heterocycles. The topological polar surface area (TPSA) is 58.6 Å². The Morgan fingerprint density at radius 2 is 1.65 bits per heavy atom. The quantitative estimate of drug-likeness (QED) is 0.753. The molecule has 0 bridgehead atoms. The monoisotopic (exact) mass is 354 g/mol. The lowest BCUT2D eigenvalue weighted by Gasteiger charge is -2.26. The zero-order chi connectivity index (χ0) is 18.8. The second-order valence-electron chi connectivity index (χ2n) is 6.16. The van der Waals surface area contributed by atoms with Crippen LogP contribution in [0.5, 0.6) is 0 Å². The largest absolute Gasteiger partial charge is 0.383 e. The zero-order valence-corrected chi connectivity index (χ0v) is 15.4. The fraction of sp³-hybridized carbons (Fsp3) is 0.333. The van der Waals surface area contributed by atoms with Gasteiger partial charge in [-0.15, -0.1) is 0 Å². The average Bonchev–Trinajstić information content (AvgIpc) is 2.65. The van der Waals surface area contributed by atoms with Gasteiger partial charge in [0.1, 0.15) is 0 Å². The molecule has 0 aliphatic rings. The first-order valence-electron chi connectivity index (χ1n) is 8.73. The van der Waals surface area contributed by atoms with Crippen molar-refractivity contribution in [2.24, 2.45) is 0 Å². The molecule has 0 heterocycles. The molecule has 0 radical (unpaired) electrons. The van der Waals surface area contributed by atoms with Gasteiger partial charge in [-0.25, -0.2) is 0 Å². The van der Waals surface area contributed by atoms with Gasteiger partial charge in [0.15, 0.2) is 0 Å². The molecule has 2 amide bonds. The SMILES string of the molecule is COCCN(Cc1ccccc1)C(=O)CC(NC(C)=O)c1ccccc1. The summed E-state index contributed by atoms with van der Waals surface area (Å²) in [7, 11) is 1.62. The lowest BCUT2D eigenvalue weighted by Crippen LogP contribution is -2.37. The van der Waals surface area contributed by atoms with E-state index in [0.717, 1.165) is 11.1 Å². The van der Waals surface area contributed by atoms with Gasteiger partial charge < -0.3 is 15.0 Å². The van der Waals surface area contributed by atoms with E-state index in [9.17, 15) is 9.59 Å². The van der Waals surface area contributed by atoms with Crippen molar-refractivity contribution >= 4 is 11.8 Å². The van der Waals surface area contributed by atoms with Crippen LogP contribution in [0.1, 0.15) is 30.5 Å². The minimum Gasteiger partial charge on any atom is -0.383 e. The number of rotatable bonds is 9. The highest BCUT2D eigenvalue weighted by Gasteiger charge is 2.21. The summed E-state index contributed by atoms with van der Waals surface area (Å²) in [5.41, 5.74) is 1.98. The van der Waals surface area contributed by atoms with E-state index in [1.165, 1.54) is 6.92 Å². The molecule has 0 spiro atoms. The molecule has 1 unspecified atom stereocenters. The van der Waals surface area contributed by atoms with Crippen molar-refractivity contribution in [1.82, 2.24) is 10.2 Å². The summed E-state index contributed by atoms with van der Waals surface area (Å²) in [6, 6.07) is 19.1. The number of benzene rings is 2. The molecule has 26 heavy (non-hydrogen) atoms. The molecule has 0 aliphatic carbocycles. The Bertz CT molecular complexity index is 689. The predicted octanol–water partition coefficient (Wildman–Crippen LogP) is 2.93. The van der Waals surface area contributed by atoms with Gasteiger partial charge >= 0.3 is 0 Å². The summed E-state index contributed by atoms with van der Waals surface area (Å²) in [4.78, 5) is 26.3. The normalized spacial score (nSPS) is 11.6. The minimum absolute atomic E-state index is 0.0199. The van der Waals surface area contributed by atoms with Crippen LogP contribution in [0.4, 0.5) is 0 Å². The van der Waals surface area contributed by atoms with Crippen LogP contribution in [0.2, 0.25) is 0 Å². The summed E-state index contributed by atoms with van der Waals surface area (Å²) in [6.45, 7) is 2.96. The van der Waals surface area contributed by atoms with Crippen LogP contribution in [0.3, 0.4) is 0 Å². The highest BCUT2D eigenvalue weighted by Crippen LogP contribution is 2.19. The van der Waals surface area contributed by atoms with Crippen molar-refractivity contribution < 1.29 is 14.3 Å². The van der Waals surface area contributed by atoms with E-state index in [0.29, 0.717) is 19.7 Å². The molecule has 0 aliphatic heterocycles. The Morgan fingerprint density at radius 3 is 2.23 bits per heavy atom. The number of nitrogens with one attached hydrogen (secondary N) is 1. The molecule has 0 aromatic heterocycles. The van der Waals surface area contributed by atoms with E-state index >= 15 is 0 Å². The first-order valence-corrected chi connectivity index (χ1v) is 8.73. The molecule has 5 nitrogen and oxygen atoms in total. The molecule has 0 saturated carbocycles. The fourth-order valence-corrected chi connectivity index (χ4v) is 2.78. The Labute approximate surface area is 155 Å². The van der Waals surface area contributed by atoms with Crippen LogP contribution in [0.25, 0.3) is 0 Å². The Kier molecular flexibility index (Phi) is 7.83. The summed E-state index contributed by atoms with van der Waals surface area (Å²) >= 11 is 0. The van der Waals surface area contributed by atoms with E-state index < -0.39 is 0 Å². The van der Waals surface area contributed by atoms with Gasteiger partial charge in [-0.3, -0.25) is 9.59 Å². The maximum Gasteiger partial charge on any atom is 0.225 e. The molecule has 2 rings (SSSR count). The Hall–Kier alpha value is -2.66. The van der Waals surface area contributed by atoms with Gasteiger partial charge in [-0.2, -0.15) is 0 Å². The summed E-state index contributed by atoms with van der Waals surface area (Å²) < 4.78 is 5.15. The van der Waals surface area contributed by atoms with Gasteiger partial charge in [-0.05, 0) is 11.1 Å². The highest BCUT2D eigenvalue weighted by atomic mass is 16.5. The van der Waals surface area contributed by atoms with E-state index in [2.05, 4.69) is 5.32 Å². The molecule has 2 aromatic rings. The molecular weight excluding hydrogens is 328 g/mol. The van der Waals surface area contributed by atoms with Crippen LogP contribution < -0.4 is 5.32 Å². The van der Waals surface area contributed by atoms with Crippen molar-refractivity contribution in [2.75, 3.05) is 20.3 Å². The standard InChI is InChI=1S/C21H26N2O3/c1-17(24)22-20(19-11-7-4-8-12-19)15-21(25)23(13-14-26-2)16-18-9-5-3-6-10-18/h3-12,20H,13-16H2,1-2H3,(H,22,24). The third-order valence-corrected chi connectivity index (χ3v) is 4.09. The van der Waals surface area contributed by atoms with Crippen LogP contribution in [-0.2, 0) is 20.9 Å². The van der Waals surface area contributed by atoms with Gasteiger partial charge in [0.05, 0.1) is 19.1 Å². The first-order chi connectivity index (χ1) is 12.6. The number of hydrogen-bond acceptors (Lipinski definition) is 3. The number of carbonyl (C=O) groups excluding carboxylic acids is 2. The van der Waals surface area contributed by atoms with Crippen molar-refractivity contribution in [3.8, 4) is 0 Å².